The zero-order valence-electron chi connectivity index (χ0n) is 51.8. The molecule has 4 heterocycles. The van der Waals surface area contributed by atoms with Gasteiger partial charge < -0.3 is 51.1 Å². The van der Waals surface area contributed by atoms with Gasteiger partial charge in [-0.1, -0.05) is 18.6 Å². The topological polar surface area (TPSA) is 320 Å². The molecule has 91 heavy (non-hydrogen) atoms. The fourth-order valence-corrected chi connectivity index (χ4v) is 11.5. The van der Waals surface area contributed by atoms with Gasteiger partial charge in [-0.05, 0) is 109 Å². The third-order valence-corrected chi connectivity index (χ3v) is 16.8. The number of amides is 6. The van der Waals surface area contributed by atoms with Crippen LogP contribution >= 0.6 is 22.6 Å². The maximum absolute atomic E-state index is 14.1. The normalized spacial score (nSPS) is 17.8. The van der Waals surface area contributed by atoms with Crippen molar-refractivity contribution in [2.75, 3.05) is 151 Å². The Hall–Kier alpha value is -7.06. The molecule has 0 spiro atoms. The van der Waals surface area contributed by atoms with Gasteiger partial charge in [0.1, 0.15) is 11.8 Å². The number of aryl methyl sites for hydroxylation is 1. The Kier molecular flexibility index (Phi) is 30.5. The van der Waals surface area contributed by atoms with Crippen molar-refractivity contribution < 1.29 is 72.0 Å². The molecule has 2 atom stereocenters. The number of piperazine rings is 1. The number of likely N-dealkylation sites (tertiary alicyclic amines) is 1. The summed E-state index contributed by atoms with van der Waals surface area (Å²) in [6, 6.07) is 13.0. The van der Waals surface area contributed by atoms with Crippen molar-refractivity contribution in [3.8, 4) is 5.75 Å². The second-order valence-electron chi connectivity index (χ2n) is 23.2. The van der Waals surface area contributed by atoms with E-state index in [1.54, 1.807) is 37.8 Å². The molecule has 1 aromatic heterocycles. The van der Waals surface area contributed by atoms with Crippen LogP contribution in [0.3, 0.4) is 0 Å². The van der Waals surface area contributed by atoms with E-state index in [4.69, 9.17) is 4.74 Å². The number of aliphatic imine (C=N–C) groups is 1. The van der Waals surface area contributed by atoms with E-state index in [1.807, 2.05) is 29.2 Å². The standard InChI is InChI=1S/C62H88F2IN13O13/c1-66-38-47-37-62(63,64)44-78(47)56(82)39-70-60(89)49-18-21-67-51-17-16-48(36-50(49)51)91-35-7-22-72-31-33-77(34-32-72)55(81)11-3-2-4-19-69-61(90)52(9-6-20-68-53(79)10-5-8-45-12-14-46(65)15-13-45)71-54(80)40-73-23-25-74(41-57(83)84)27-29-76(43-59(87)88)30-28-75(26-24-73)42-58(85)86/h12-18,21,36,38,47,52H,2-11,19-20,22-35,37,39-44H2,1H3,(H,68,79)(H,69,90)(H,70,89)(H,71,80)(H,83,84)(H,85,86)(H,87,88)/t47-,52?/m1/s1. The molecule has 3 aromatic rings. The maximum atomic E-state index is 14.1. The van der Waals surface area contributed by atoms with Gasteiger partial charge in [0.15, 0.2) is 0 Å². The lowest BCUT2D eigenvalue weighted by molar-refractivity contribution is -0.140. The van der Waals surface area contributed by atoms with E-state index < -0.39 is 79.1 Å². The van der Waals surface area contributed by atoms with Gasteiger partial charge in [0.2, 0.25) is 29.5 Å². The molecule has 3 aliphatic heterocycles. The van der Waals surface area contributed by atoms with Gasteiger partial charge in [-0.25, -0.2) is 8.78 Å². The number of pyridine rings is 1. The van der Waals surface area contributed by atoms with Crippen molar-refractivity contribution in [1.29, 1.82) is 0 Å². The van der Waals surface area contributed by atoms with Crippen molar-refractivity contribution in [3.63, 3.8) is 0 Å². The smallest absolute Gasteiger partial charge is 0.317 e. The van der Waals surface area contributed by atoms with Crippen molar-refractivity contribution in [2.45, 2.75) is 88.6 Å². The van der Waals surface area contributed by atoms with Gasteiger partial charge in [0.05, 0.1) is 63.0 Å². The number of carbonyl (C=O) groups excluding carboxylic acids is 6. The summed E-state index contributed by atoms with van der Waals surface area (Å²) in [6.45, 7) is 3.59. The van der Waals surface area contributed by atoms with E-state index in [2.05, 4.69) is 58.7 Å². The molecule has 3 saturated heterocycles. The molecule has 2 aromatic carbocycles. The van der Waals surface area contributed by atoms with Crippen LogP contribution in [0.15, 0.2) is 59.7 Å². The number of halogens is 3. The maximum Gasteiger partial charge on any atom is 0.317 e. The van der Waals surface area contributed by atoms with Gasteiger partial charge in [0, 0.05) is 146 Å². The number of aliphatic carboxylic acids is 3. The molecule has 29 heteroatoms. The Balaban J connectivity index is 0.922. The first-order valence-electron chi connectivity index (χ1n) is 31.2. The summed E-state index contributed by atoms with van der Waals surface area (Å²) in [7, 11) is 1.45. The van der Waals surface area contributed by atoms with Crippen molar-refractivity contribution in [2.24, 2.45) is 4.99 Å². The number of rotatable bonds is 33. The van der Waals surface area contributed by atoms with Gasteiger partial charge in [-0.2, -0.15) is 0 Å². The van der Waals surface area contributed by atoms with Crippen molar-refractivity contribution in [3.05, 3.63) is 69.4 Å². The Labute approximate surface area is 542 Å². The van der Waals surface area contributed by atoms with Crippen LogP contribution < -0.4 is 26.0 Å². The number of nitrogens with one attached hydrogen (secondary N) is 4. The molecule has 500 valence electrons. The SMILES string of the molecule is CN=C[C@H]1CC(F)(F)CN1C(=O)CNC(=O)c1ccnc2ccc(OCCCN3CCN(C(=O)CCCCCNC(=O)C(CCCNC(=O)CCCc4ccc(I)cc4)NC(=O)CN4CCN(CC(=O)O)CCN(CC(=O)O)CCN(CC(=O)O)CC4)CC3)cc12. The summed E-state index contributed by atoms with van der Waals surface area (Å²) >= 11 is 2.24. The summed E-state index contributed by atoms with van der Waals surface area (Å²) in [5, 5.41) is 40.6. The van der Waals surface area contributed by atoms with Gasteiger partial charge in [0.25, 0.3) is 11.8 Å². The highest BCUT2D eigenvalue weighted by Gasteiger charge is 2.46. The van der Waals surface area contributed by atoms with Crippen LogP contribution in [-0.4, -0.2) is 283 Å². The van der Waals surface area contributed by atoms with E-state index in [0.717, 1.165) is 27.0 Å². The molecule has 6 amide bonds. The molecule has 26 nitrogen and oxygen atoms in total. The Morgan fingerprint density at radius 3 is 1.90 bits per heavy atom. The first kappa shape index (κ1) is 73.0. The van der Waals surface area contributed by atoms with Crippen LogP contribution in [0.2, 0.25) is 0 Å². The average Bonchev–Trinajstić information content (AvgIpc) is 2.30. The zero-order chi connectivity index (χ0) is 65.7. The lowest BCUT2D eigenvalue weighted by atomic mass is 10.1. The average molecular weight is 1390 g/mol. The molecule has 0 aliphatic carbocycles. The molecule has 1 unspecified atom stereocenters. The van der Waals surface area contributed by atoms with Gasteiger partial charge >= 0.3 is 17.9 Å². The minimum Gasteiger partial charge on any atom is -0.494 e. The third kappa shape index (κ3) is 26.6. The van der Waals surface area contributed by atoms with Crippen LogP contribution in [0, 0.1) is 3.57 Å². The van der Waals surface area contributed by atoms with E-state index in [1.165, 1.54) is 25.5 Å². The highest BCUT2D eigenvalue weighted by atomic mass is 127. The van der Waals surface area contributed by atoms with E-state index in [-0.39, 0.29) is 115 Å². The number of hydrogen-bond donors (Lipinski definition) is 7. The van der Waals surface area contributed by atoms with Crippen LogP contribution in [0.5, 0.6) is 5.75 Å². The predicted octanol–water partition coefficient (Wildman–Crippen LogP) is 1.98. The fraction of sp³-hybridized carbons (Fsp3) is 0.597. The number of alkyl halides is 2. The number of fused-ring (bicyclic) bond motifs is 1. The second-order valence-corrected chi connectivity index (χ2v) is 24.4. The Bertz CT molecular complexity index is 2910. The van der Waals surface area contributed by atoms with Crippen LogP contribution in [-0.2, 0) is 44.8 Å². The molecular formula is C62H88F2IN13O13. The monoisotopic (exact) mass is 1390 g/mol. The van der Waals surface area contributed by atoms with Crippen LogP contribution in [0.1, 0.15) is 80.1 Å². The lowest BCUT2D eigenvalue weighted by Gasteiger charge is -2.34. The number of aromatic nitrogens is 1. The van der Waals surface area contributed by atoms with Crippen LogP contribution in [0.4, 0.5) is 8.78 Å². The molecule has 0 saturated carbocycles. The number of ether oxygens (including phenoxy) is 1. The summed E-state index contributed by atoms with van der Waals surface area (Å²) in [4.78, 5) is 135. The predicted molar refractivity (Wildman–Crippen MR) is 343 cm³/mol. The molecule has 0 radical (unpaired) electrons. The highest BCUT2D eigenvalue weighted by Crippen LogP contribution is 2.31. The van der Waals surface area contributed by atoms with E-state index in [0.29, 0.717) is 101 Å². The van der Waals surface area contributed by atoms with Crippen LogP contribution in [0.25, 0.3) is 10.9 Å². The number of nitrogens with zero attached hydrogens (tertiary/aromatic N) is 9. The summed E-state index contributed by atoms with van der Waals surface area (Å²) < 4.78 is 35.4. The summed E-state index contributed by atoms with van der Waals surface area (Å²) in [6.07, 6.45) is 7.44. The quantitative estimate of drug-likeness (QED) is 0.0260. The molecular weight excluding hydrogens is 1300 g/mol. The lowest BCUT2D eigenvalue weighted by Crippen LogP contribution is -2.52. The van der Waals surface area contributed by atoms with E-state index >= 15 is 0 Å². The van der Waals surface area contributed by atoms with Gasteiger partial charge in [-0.3, -0.25) is 77.6 Å². The number of carboxylic acids is 3. The Morgan fingerprint density at radius 2 is 1.29 bits per heavy atom. The van der Waals surface area contributed by atoms with Crippen molar-refractivity contribution >= 4 is 93.1 Å². The molecule has 6 rings (SSSR count). The summed E-state index contributed by atoms with van der Waals surface area (Å²) in [5.74, 6) is -7.93. The number of unbranched alkanes of at least 4 members (excludes halogenated alkanes) is 2. The minimum atomic E-state index is -3.05. The van der Waals surface area contributed by atoms with Crippen molar-refractivity contribution in [1.82, 2.24) is 60.6 Å². The first-order chi connectivity index (χ1) is 43.6. The molecule has 3 fully saturated rings. The second kappa shape index (κ2) is 38.1. The number of carbonyl (C=O) groups is 9. The fourth-order valence-electron chi connectivity index (χ4n) is 11.2. The third-order valence-electron chi connectivity index (χ3n) is 16.1. The first-order valence-corrected chi connectivity index (χ1v) is 32.2. The van der Waals surface area contributed by atoms with E-state index in [9.17, 15) is 67.3 Å². The van der Waals surface area contributed by atoms with Gasteiger partial charge in [-0.15, -0.1) is 0 Å². The highest BCUT2D eigenvalue weighted by molar-refractivity contribution is 14.1. The molecule has 0 bridgehead atoms. The number of carboxylic acid groups (broad SMARTS) is 3. The largest absolute Gasteiger partial charge is 0.494 e. The minimum absolute atomic E-state index is 0.0500. The summed E-state index contributed by atoms with van der Waals surface area (Å²) in [5.41, 5.74) is 1.92. The number of benzene rings is 2. The Morgan fingerprint density at radius 1 is 0.681 bits per heavy atom. The molecule has 7 N–H and O–H groups in total. The zero-order valence-corrected chi connectivity index (χ0v) is 54.0. The molecule has 3 aliphatic rings. The number of hydrogen-bond acceptors (Lipinski definition) is 17.